The quantitative estimate of drug-likeness (QED) is 0.526. The maximum Gasteiger partial charge on any atom is 0.337 e. The van der Waals surface area contributed by atoms with E-state index in [2.05, 4.69) is 5.32 Å². The average molecular weight is 433 g/mol. The normalized spacial score (nSPS) is 21.9. The Kier molecular flexibility index (Phi) is 7.18. The summed E-state index contributed by atoms with van der Waals surface area (Å²) in [4.78, 5) is 52.3. The minimum absolute atomic E-state index is 0.217. The van der Waals surface area contributed by atoms with Crippen molar-refractivity contribution in [2.75, 3.05) is 24.4 Å². The van der Waals surface area contributed by atoms with Crippen molar-refractivity contribution >= 4 is 41.1 Å². The number of nitrogens with one attached hydrogen (secondary N) is 1. The molecule has 0 aromatic heterocycles. The highest BCUT2D eigenvalue weighted by atomic mass is 32.2. The number of ether oxygens (including phenoxy) is 1. The first kappa shape index (κ1) is 22.3. The molecule has 1 N–H and O–H groups in total. The molecule has 1 aliphatic carbocycles. The van der Waals surface area contributed by atoms with E-state index in [1.807, 2.05) is 13.2 Å². The van der Waals surface area contributed by atoms with Crippen LogP contribution in [0.4, 0.5) is 5.69 Å². The number of thioether (sulfide) groups is 1. The zero-order chi connectivity index (χ0) is 21.8. The number of esters is 1. The van der Waals surface area contributed by atoms with Crippen molar-refractivity contribution in [1.82, 2.24) is 4.90 Å². The molecule has 2 fully saturated rings. The molecule has 30 heavy (non-hydrogen) atoms. The van der Waals surface area contributed by atoms with Crippen molar-refractivity contribution in [3.63, 3.8) is 0 Å². The highest BCUT2D eigenvalue weighted by molar-refractivity contribution is 7.98. The Labute approximate surface area is 180 Å². The summed E-state index contributed by atoms with van der Waals surface area (Å²) in [7, 11) is 1.29. The molecule has 1 aromatic carbocycles. The van der Waals surface area contributed by atoms with E-state index in [0.29, 0.717) is 36.3 Å². The van der Waals surface area contributed by atoms with Gasteiger partial charge in [0.1, 0.15) is 6.04 Å². The summed E-state index contributed by atoms with van der Waals surface area (Å²) in [5.74, 6) is -1.28. The van der Waals surface area contributed by atoms with Gasteiger partial charge < -0.3 is 10.1 Å². The van der Waals surface area contributed by atoms with E-state index in [9.17, 15) is 19.2 Å². The summed E-state index contributed by atoms with van der Waals surface area (Å²) >= 11 is 1.56. The lowest BCUT2D eigenvalue weighted by molar-refractivity contribution is -0.146. The van der Waals surface area contributed by atoms with Crippen LogP contribution in [-0.4, -0.2) is 53.8 Å². The summed E-state index contributed by atoms with van der Waals surface area (Å²) in [6, 6.07) is 4.04. The molecule has 3 atom stereocenters. The van der Waals surface area contributed by atoms with Crippen LogP contribution in [-0.2, 0) is 19.1 Å². The molecule has 1 aliphatic heterocycles. The Hall–Kier alpha value is -2.35. The predicted molar refractivity (Wildman–Crippen MR) is 115 cm³/mol. The Balaban J connectivity index is 1.85. The third-order valence-corrected chi connectivity index (χ3v) is 6.65. The van der Waals surface area contributed by atoms with Crippen LogP contribution in [0.1, 0.15) is 48.0 Å². The smallest absolute Gasteiger partial charge is 0.337 e. The van der Waals surface area contributed by atoms with E-state index in [1.165, 1.54) is 12.0 Å². The number of carbonyl (C=O) groups is 4. The van der Waals surface area contributed by atoms with Crippen LogP contribution in [0.15, 0.2) is 18.2 Å². The number of amides is 3. The van der Waals surface area contributed by atoms with Gasteiger partial charge in [0.15, 0.2) is 0 Å². The maximum atomic E-state index is 13.2. The van der Waals surface area contributed by atoms with Crippen LogP contribution in [0.2, 0.25) is 0 Å². The number of likely N-dealkylation sites (tertiary alicyclic amines) is 1. The zero-order valence-corrected chi connectivity index (χ0v) is 18.4. The van der Waals surface area contributed by atoms with Gasteiger partial charge in [0.25, 0.3) is 0 Å². The van der Waals surface area contributed by atoms with Crippen LogP contribution in [0.25, 0.3) is 0 Å². The third kappa shape index (κ3) is 4.38. The Bertz CT molecular complexity index is 832. The topological polar surface area (TPSA) is 92.8 Å². The second-order valence-electron chi connectivity index (χ2n) is 7.85. The minimum Gasteiger partial charge on any atom is -0.465 e. The number of nitrogens with zero attached hydrogens (tertiary/aromatic N) is 1. The molecule has 1 aromatic rings. The summed E-state index contributed by atoms with van der Waals surface area (Å²) < 4.78 is 4.75. The molecule has 8 heteroatoms. The number of hydrogen-bond donors (Lipinski definition) is 1. The second-order valence-corrected chi connectivity index (χ2v) is 8.84. The Morgan fingerprint density at radius 3 is 2.40 bits per heavy atom. The third-order valence-electron chi connectivity index (χ3n) is 6.00. The molecule has 1 saturated carbocycles. The second kappa shape index (κ2) is 9.64. The molecule has 7 nitrogen and oxygen atoms in total. The van der Waals surface area contributed by atoms with Gasteiger partial charge in [-0.2, -0.15) is 11.8 Å². The van der Waals surface area contributed by atoms with Gasteiger partial charge >= 0.3 is 5.97 Å². The van der Waals surface area contributed by atoms with Gasteiger partial charge in [-0.15, -0.1) is 0 Å². The SMILES string of the molecule is COC(=O)c1ccc(C)c(NC(=O)C(CCSC)N2C(=O)C3CCCCC3C2=O)c1. The summed E-state index contributed by atoms with van der Waals surface area (Å²) in [5.41, 5.74) is 1.55. The fraction of sp³-hybridized carbons (Fsp3) is 0.545. The molecule has 0 spiro atoms. The first-order valence-corrected chi connectivity index (χ1v) is 11.6. The lowest BCUT2D eigenvalue weighted by atomic mass is 9.81. The monoisotopic (exact) mass is 432 g/mol. The number of hydrogen-bond acceptors (Lipinski definition) is 6. The van der Waals surface area contributed by atoms with E-state index in [-0.39, 0.29) is 23.7 Å². The van der Waals surface area contributed by atoms with E-state index < -0.39 is 17.9 Å². The number of carbonyl (C=O) groups excluding carboxylic acids is 4. The molecular formula is C22H28N2O5S. The molecule has 0 bridgehead atoms. The van der Waals surface area contributed by atoms with Crippen LogP contribution in [0.3, 0.4) is 0 Å². The summed E-state index contributed by atoms with van der Waals surface area (Å²) in [5, 5.41) is 2.84. The number of anilines is 1. The minimum atomic E-state index is -0.857. The number of rotatable bonds is 7. The van der Waals surface area contributed by atoms with Gasteiger partial charge in [-0.25, -0.2) is 4.79 Å². The van der Waals surface area contributed by atoms with Crippen LogP contribution >= 0.6 is 11.8 Å². The number of aryl methyl sites for hydroxylation is 1. The number of fused-ring (bicyclic) bond motifs is 1. The summed E-state index contributed by atoms with van der Waals surface area (Å²) in [6.45, 7) is 1.81. The lowest BCUT2D eigenvalue weighted by Gasteiger charge is -2.26. The van der Waals surface area contributed by atoms with Crippen molar-refractivity contribution in [1.29, 1.82) is 0 Å². The van der Waals surface area contributed by atoms with Crippen LogP contribution in [0.5, 0.6) is 0 Å². The van der Waals surface area contributed by atoms with Gasteiger partial charge in [-0.05, 0) is 55.9 Å². The van der Waals surface area contributed by atoms with Crippen molar-refractivity contribution < 1.29 is 23.9 Å². The van der Waals surface area contributed by atoms with Crippen molar-refractivity contribution in [2.24, 2.45) is 11.8 Å². The van der Waals surface area contributed by atoms with Gasteiger partial charge in [-0.3, -0.25) is 19.3 Å². The highest BCUT2D eigenvalue weighted by Crippen LogP contribution is 2.39. The van der Waals surface area contributed by atoms with E-state index in [1.54, 1.807) is 30.0 Å². The molecule has 1 heterocycles. The molecule has 1 saturated heterocycles. The number of benzene rings is 1. The molecule has 3 amide bonds. The molecule has 2 aliphatic rings. The highest BCUT2D eigenvalue weighted by Gasteiger charge is 2.51. The first-order chi connectivity index (χ1) is 14.4. The standard InChI is InChI=1S/C22H28N2O5S/c1-13-8-9-14(22(28)29-2)12-17(13)23-19(25)18(10-11-30-3)24-20(26)15-6-4-5-7-16(15)21(24)27/h8-9,12,15-16,18H,4-7,10-11H2,1-3H3,(H,23,25). The van der Waals surface area contributed by atoms with Gasteiger partial charge in [0.05, 0.1) is 24.5 Å². The van der Waals surface area contributed by atoms with Crippen molar-refractivity contribution in [3.8, 4) is 0 Å². The molecule has 0 radical (unpaired) electrons. The molecule has 3 rings (SSSR count). The first-order valence-electron chi connectivity index (χ1n) is 10.2. The Morgan fingerprint density at radius 1 is 1.20 bits per heavy atom. The van der Waals surface area contributed by atoms with E-state index in [0.717, 1.165) is 18.4 Å². The van der Waals surface area contributed by atoms with Gasteiger partial charge in [0.2, 0.25) is 17.7 Å². The predicted octanol–water partition coefficient (Wildman–Crippen LogP) is 3.02. The summed E-state index contributed by atoms with van der Waals surface area (Å²) in [6.07, 6.45) is 5.61. The van der Waals surface area contributed by atoms with Gasteiger partial charge in [0, 0.05) is 5.69 Å². The van der Waals surface area contributed by atoms with E-state index >= 15 is 0 Å². The average Bonchev–Trinajstić information content (AvgIpc) is 3.00. The lowest BCUT2D eigenvalue weighted by Crippen LogP contribution is -2.48. The number of imide groups is 1. The maximum absolute atomic E-state index is 13.2. The van der Waals surface area contributed by atoms with Crippen LogP contribution < -0.4 is 5.32 Å². The van der Waals surface area contributed by atoms with Crippen molar-refractivity contribution in [2.45, 2.75) is 45.1 Å². The largest absolute Gasteiger partial charge is 0.465 e. The van der Waals surface area contributed by atoms with Crippen LogP contribution in [0, 0.1) is 18.8 Å². The fourth-order valence-corrected chi connectivity index (χ4v) is 4.78. The van der Waals surface area contributed by atoms with Gasteiger partial charge in [-0.1, -0.05) is 18.9 Å². The van der Waals surface area contributed by atoms with Crippen molar-refractivity contribution in [3.05, 3.63) is 29.3 Å². The molecular weight excluding hydrogens is 404 g/mol. The number of methoxy groups -OCH3 is 1. The van der Waals surface area contributed by atoms with E-state index in [4.69, 9.17) is 4.74 Å². The molecule has 3 unspecified atom stereocenters. The zero-order valence-electron chi connectivity index (χ0n) is 17.6. The molecule has 162 valence electrons. The fourth-order valence-electron chi connectivity index (χ4n) is 4.32. The Morgan fingerprint density at radius 2 is 1.83 bits per heavy atom.